The lowest BCUT2D eigenvalue weighted by Crippen LogP contribution is -2.25. The van der Waals surface area contributed by atoms with Crippen LogP contribution in [0.4, 0.5) is 4.39 Å². The van der Waals surface area contributed by atoms with Crippen LogP contribution in [0.5, 0.6) is 0 Å². The molecule has 4 nitrogen and oxygen atoms in total. The van der Waals surface area contributed by atoms with Crippen molar-refractivity contribution in [2.75, 3.05) is 6.54 Å². The molecule has 0 aliphatic heterocycles. The van der Waals surface area contributed by atoms with Crippen LogP contribution in [0.2, 0.25) is 5.02 Å². The van der Waals surface area contributed by atoms with E-state index in [1.165, 1.54) is 12.3 Å². The fourth-order valence-electron chi connectivity index (χ4n) is 2.48. The van der Waals surface area contributed by atoms with Crippen LogP contribution >= 0.6 is 11.6 Å². The number of carbonyl (C=O) groups excluding carboxylic acids is 1. The second kappa shape index (κ2) is 7.94. The average molecular weight is 358 g/mol. The Bertz CT molecular complexity index is 878. The minimum Gasteiger partial charge on any atom is -0.352 e. The second-order valence-corrected chi connectivity index (χ2v) is 6.02. The first-order chi connectivity index (χ1) is 12.1. The number of hydrogen-bond donors (Lipinski definition) is 1. The lowest BCUT2D eigenvalue weighted by atomic mass is 10.1. The van der Waals surface area contributed by atoms with Gasteiger partial charge in [0.05, 0.1) is 18.3 Å². The molecule has 1 amide bonds. The molecular weight excluding hydrogens is 341 g/mol. The molecule has 2 aromatic carbocycles. The normalized spacial score (nSPS) is 10.6. The molecule has 0 atom stereocenters. The van der Waals surface area contributed by atoms with Gasteiger partial charge >= 0.3 is 0 Å². The van der Waals surface area contributed by atoms with Crippen molar-refractivity contribution in [2.45, 2.75) is 13.0 Å². The largest absolute Gasteiger partial charge is 0.352 e. The molecule has 6 heteroatoms. The average Bonchev–Trinajstić information content (AvgIpc) is 3.07. The Morgan fingerprint density at radius 2 is 1.84 bits per heavy atom. The van der Waals surface area contributed by atoms with E-state index in [9.17, 15) is 9.18 Å². The Hall–Kier alpha value is -2.66. The summed E-state index contributed by atoms with van der Waals surface area (Å²) < 4.78 is 15.2. The molecule has 0 spiro atoms. The summed E-state index contributed by atoms with van der Waals surface area (Å²) in [5.41, 5.74) is 1.97. The zero-order valence-corrected chi connectivity index (χ0v) is 14.2. The fraction of sp³-hybridized carbons (Fsp3) is 0.158. The number of rotatable bonds is 6. The fourth-order valence-corrected chi connectivity index (χ4v) is 2.68. The first-order valence-corrected chi connectivity index (χ1v) is 8.29. The summed E-state index contributed by atoms with van der Waals surface area (Å²) in [5.74, 6) is -0.494. The van der Waals surface area contributed by atoms with E-state index in [1.54, 1.807) is 29.1 Å². The van der Waals surface area contributed by atoms with Gasteiger partial charge in [0.15, 0.2) is 0 Å². The van der Waals surface area contributed by atoms with Crippen LogP contribution in [0.15, 0.2) is 60.9 Å². The molecule has 0 saturated heterocycles. The standard InChI is InChI=1S/C19H17ClFN3O/c20-17-7-3-1-6-15(17)12-24-13-16(11-23-24)19(25)22-10-9-14-5-2-4-8-18(14)21/h1-8,11,13H,9-10,12H2,(H,22,25). The Morgan fingerprint density at radius 3 is 2.60 bits per heavy atom. The zero-order valence-electron chi connectivity index (χ0n) is 13.5. The smallest absolute Gasteiger partial charge is 0.254 e. The van der Waals surface area contributed by atoms with Crippen molar-refractivity contribution in [3.8, 4) is 0 Å². The number of nitrogens with one attached hydrogen (secondary N) is 1. The lowest BCUT2D eigenvalue weighted by molar-refractivity contribution is 0.0954. The van der Waals surface area contributed by atoms with Crippen LogP contribution in [0, 0.1) is 5.82 Å². The number of hydrogen-bond acceptors (Lipinski definition) is 2. The third kappa shape index (κ3) is 4.45. The molecule has 3 rings (SSSR count). The van der Waals surface area contributed by atoms with Gasteiger partial charge in [-0.15, -0.1) is 0 Å². The summed E-state index contributed by atoms with van der Waals surface area (Å²) in [7, 11) is 0. The maximum atomic E-state index is 13.5. The third-order valence-corrected chi connectivity index (χ3v) is 4.19. The minimum atomic E-state index is -0.260. The van der Waals surface area contributed by atoms with Crippen molar-refractivity contribution < 1.29 is 9.18 Å². The van der Waals surface area contributed by atoms with Crippen molar-refractivity contribution in [3.63, 3.8) is 0 Å². The molecule has 0 aliphatic rings. The van der Waals surface area contributed by atoms with E-state index in [-0.39, 0.29) is 11.7 Å². The molecule has 0 bridgehead atoms. The predicted molar refractivity (Wildman–Crippen MR) is 95.2 cm³/mol. The van der Waals surface area contributed by atoms with Crippen molar-refractivity contribution in [1.82, 2.24) is 15.1 Å². The van der Waals surface area contributed by atoms with Gasteiger partial charge < -0.3 is 5.32 Å². The monoisotopic (exact) mass is 357 g/mol. The molecule has 0 unspecified atom stereocenters. The molecule has 3 aromatic rings. The number of amides is 1. The summed E-state index contributed by atoms with van der Waals surface area (Å²) in [5, 5.41) is 7.63. The SMILES string of the molecule is O=C(NCCc1ccccc1F)c1cnn(Cc2ccccc2Cl)c1. The highest BCUT2D eigenvalue weighted by atomic mass is 35.5. The minimum absolute atomic E-state index is 0.234. The number of halogens is 2. The Morgan fingerprint density at radius 1 is 1.12 bits per heavy atom. The highest BCUT2D eigenvalue weighted by Gasteiger charge is 2.10. The van der Waals surface area contributed by atoms with E-state index in [0.29, 0.717) is 35.7 Å². The number of carbonyl (C=O) groups is 1. The van der Waals surface area contributed by atoms with E-state index in [4.69, 9.17) is 11.6 Å². The van der Waals surface area contributed by atoms with Crippen LogP contribution in [0.3, 0.4) is 0 Å². The predicted octanol–water partition coefficient (Wildman–Crippen LogP) is 3.70. The zero-order chi connectivity index (χ0) is 17.6. The molecule has 0 aliphatic carbocycles. The van der Waals surface area contributed by atoms with Crippen LogP contribution in [-0.4, -0.2) is 22.2 Å². The summed E-state index contributed by atoms with van der Waals surface area (Å²) in [6, 6.07) is 14.0. The maximum absolute atomic E-state index is 13.5. The molecule has 0 radical (unpaired) electrons. The highest BCUT2D eigenvalue weighted by molar-refractivity contribution is 6.31. The van der Waals surface area contributed by atoms with Gasteiger partial charge in [-0.2, -0.15) is 5.10 Å². The summed E-state index contributed by atoms with van der Waals surface area (Å²) >= 11 is 6.13. The topological polar surface area (TPSA) is 46.9 Å². The summed E-state index contributed by atoms with van der Waals surface area (Å²) in [6.45, 7) is 0.845. The molecule has 0 fully saturated rings. The summed E-state index contributed by atoms with van der Waals surface area (Å²) in [4.78, 5) is 12.2. The van der Waals surface area contributed by atoms with Crippen molar-refractivity contribution in [2.24, 2.45) is 0 Å². The van der Waals surface area contributed by atoms with E-state index in [2.05, 4.69) is 10.4 Å². The van der Waals surface area contributed by atoms with Gasteiger partial charge in [0.25, 0.3) is 5.91 Å². The lowest BCUT2D eigenvalue weighted by Gasteiger charge is -2.05. The number of aromatic nitrogens is 2. The van der Waals surface area contributed by atoms with E-state index < -0.39 is 0 Å². The van der Waals surface area contributed by atoms with Gasteiger partial charge in [0, 0.05) is 17.8 Å². The van der Waals surface area contributed by atoms with Gasteiger partial charge in [-0.1, -0.05) is 48.0 Å². The third-order valence-electron chi connectivity index (χ3n) is 3.82. The maximum Gasteiger partial charge on any atom is 0.254 e. The van der Waals surface area contributed by atoms with Crippen molar-refractivity contribution in [3.05, 3.63) is 88.5 Å². The van der Waals surface area contributed by atoms with Gasteiger partial charge in [-0.25, -0.2) is 4.39 Å². The van der Waals surface area contributed by atoms with Crippen LogP contribution < -0.4 is 5.32 Å². The summed E-state index contributed by atoms with van der Waals surface area (Å²) in [6.07, 6.45) is 3.61. The molecule has 0 saturated carbocycles. The molecule has 128 valence electrons. The van der Waals surface area contributed by atoms with E-state index in [1.807, 2.05) is 24.3 Å². The van der Waals surface area contributed by atoms with Crippen LogP contribution in [-0.2, 0) is 13.0 Å². The van der Waals surface area contributed by atoms with E-state index in [0.717, 1.165) is 5.56 Å². The molecule has 1 heterocycles. The Kier molecular flexibility index (Phi) is 5.46. The molecule has 1 N–H and O–H groups in total. The van der Waals surface area contributed by atoms with Crippen molar-refractivity contribution in [1.29, 1.82) is 0 Å². The molecule has 25 heavy (non-hydrogen) atoms. The van der Waals surface area contributed by atoms with Gasteiger partial charge in [-0.05, 0) is 29.7 Å². The van der Waals surface area contributed by atoms with Gasteiger partial charge in [-0.3, -0.25) is 9.48 Å². The van der Waals surface area contributed by atoms with Gasteiger partial charge in [0.2, 0.25) is 0 Å². The Labute approximate surface area is 150 Å². The van der Waals surface area contributed by atoms with Crippen molar-refractivity contribution >= 4 is 17.5 Å². The highest BCUT2D eigenvalue weighted by Crippen LogP contribution is 2.16. The number of nitrogens with zero attached hydrogens (tertiary/aromatic N) is 2. The first-order valence-electron chi connectivity index (χ1n) is 7.91. The number of benzene rings is 2. The molecular formula is C19H17ClFN3O. The first kappa shape index (κ1) is 17.2. The molecule has 1 aromatic heterocycles. The van der Waals surface area contributed by atoms with Gasteiger partial charge in [0.1, 0.15) is 5.82 Å². The quantitative estimate of drug-likeness (QED) is 0.731. The van der Waals surface area contributed by atoms with Crippen LogP contribution in [0.1, 0.15) is 21.5 Å². The van der Waals surface area contributed by atoms with Crippen LogP contribution in [0.25, 0.3) is 0 Å². The Balaban J connectivity index is 1.56. The second-order valence-electron chi connectivity index (χ2n) is 5.62. The van der Waals surface area contributed by atoms with E-state index >= 15 is 0 Å².